The summed E-state index contributed by atoms with van der Waals surface area (Å²) in [5.41, 5.74) is 10.3. The van der Waals surface area contributed by atoms with Crippen molar-refractivity contribution < 1.29 is 4.79 Å². The number of hydrogen-bond acceptors (Lipinski definition) is 5. The average molecular weight is 375 g/mol. The first kappa shape index (κ1) is 17.1. The highest BCUT2D eigenvalue weighted by Crippen LogP contribution is 2.40. The lowest BCUT2D eigenvalue weighted by molar-refractivity contribution is 0.0996. The van der Waals surface area contributed by atoms with E-state index in [-0.39, 0.29) is 11.6 Å². The lowest BCUT2D eigenvalue weighted by Gasteiger charge is -2.19. The van der Waals surface area contributed by atoms with E-state index in [1.165, 1.54) is 6.33 Å². The average Bonchev–Trinajstić information content (AvgIpc) is 3.40. The molecule has 6 nitrogen and oxygen atoms in total. The van der Waals surface area contributed by atoms with E-state index >= 15 is 0 Å². The summed E-state index contributed by atoms with van der Waals surface area (Å²) in [7, 11) is 0. The van der Waals surface area contributed by atoms with Crippen molar-refractivity contribution in [2.75, 3.05) is 0 Å². The quantitative estimate of drug-likeness (QED) is 0.554. The van der Waals surface area contributed by atoms with Gasteiger partial charge in [0.05, 0.1) is 0 Å². The molecule has 1 unspecified atom stereocenters. The molecule has 0 bridgehead atoms. The molecule has 7 heteroatoms. The van der Waals surface area contributed by atoms with E-state index in [1.54, 1.807) is 17.5 Å². The second kappa shape index (κ2) is 7.13. The van der Waals surface area contributed by atoms with Crippen LogP contribution in [0.1, 0.15) is 34.5 Å². The summed E-state index contributed by atoms with van der Waals surface area (Å²) < 4.78 is 0. The summed E-state index contributed by atoms with van der Waals surface area (Å²) in [4.78, 5) is 20.9. The molecule has 27 heavy (non-hydrogen) atoms. The molecular formula is C20H17N5OS. The molecule has 0 aliphatic carbocycles. The number of pyridine rings is 1. The van der Waals surface area contributed by atoms with Gasteiger partial charge in [-0.1, -0.05) is 37.3 Å². The molecule has 0 aliphatic heterocycles. The molecule has 3 heterocycles. The van der Waals surface area contributed by atoms with Gasteiger partial charge in [0.2, 0.25) is 0 Å². The van der Waals surface area contributed by atoms with Crippen LogP contribution >= 0.6 is 11.3 Å². The molecule has 0 aliphatic rings. The lowest BCUT2D eigenvalue weighted by Crippen LogP contribution is -2.16. The third-order valence-electron chi connectivity index (χ3n) is 4.57. The first-order valence-corrected chi connectivity index (χ1v) is 9.37. The van der Waals surface area contributed by atoms with Gasteiger partial charge in [0.15, 0.2) is 5.82 Å². The number of H-pyrrole nitrogens is 1. The highest BCUT2D eigenvalue weighted by atomic mass is 32.1. The van der Waals surface area contributed by atoms with Crippen LogP contribution < -0.4 is 5.73 Å². The minimum Gasteiger partial charge on any atom is -0.364 e. The summed E-state index contributed by atoms with van der Waals surface area (Å²) in [6.45, 7) is 2.10. The topological polar surface area (TPSA) is 97.6 Å². The van der Waals surface area contributed by atoms with Crippen LogP contribution in [0.3, 0.4) is 0 Å². The number of nitrogens with one attached hydrogen (secondary N) is 1. The van der Waals surface area contributed by atoms with E-state index in [2.05, 4.69) is 39.2 Å². The molecule has 4 aromatic rings. The zero-order valence-corrected chi connectivity index (χ0v) is 15.4. The number of carbonyl (C=O) groups excluding carboxylic acids is 1. The highest BCUT2D eigenvalue weighted by molar-refractivity contribution is 7.08. The van der Waals surface area contributed by atoms with Gasteiger partial charge < -0.3 is 5.73 Å². The number of thiophene rings is 1. The Balaban J connectivity index is 2.03. The van der Waals surface area contributed by atoms with Crippen LogP contribution in [0, 0.1) is 0 Å². The van der Waals surface area contributed by atoms with Crippen molar-refractivity contribution in [3.05, 3.63) is 76.5 Å². The van der Waals surface area contributed by atoms with Crippen LogP contribution in [0.25, 0.3) is 22.5 Å². The summed E-state index contributed by atoms with van der Waals surface area (Å²) in [6, 6.07) is 12.1. The van der Waals surface area contributed by atoms with Gasteiger partial charge in [0.1, 0.15) is 12.0 Å². The smallest absolute Gasteiger partial charge is 0.267 e. The number of rotatable bonds is 5. The summed E-state index contributed by atoms with van der Waals surface area (Å²) >= 11 is 1.55. The van der Waals surface area contributed by atoms with Gasteiger partial charge in [-0.25, -0.2) is 4.98 Å². The van der Waals surface area contributed by atoms with Gasteiger partial charge in [0, 0.05) is 23.2 Å². The van der Waals surface area contributed by atoms with Crippen molar-refractivity contribution in [3.63, 3.8) is 0 Å². The number of amides is 1. The molecule has 4 rings (SSSR count). The predicted octanol–water partition coefficient (Wildman–Crippen LogP) is 3.85. The number of primary amides is 1. The Morgan fingerprint density at radius 2 is 1.96 bits per heavy atom. The SMILES string of the molecule is CC(c1ccccc1)c1cnc(C(N)=O)c(-c2ccsc2)c1-c1ncn[nH]1. The van der Waals surface area contributed by atoms with Crippen molar-refractivity contribution in [3.8, 4) is 22.5 Å². The van der Waals surface area contributed by atoms with E-state index in [4.69, 9.17) is 5.73 Å². The Kier molecular flexibility index (Phi) is 4.52. The molecule has 1 atom stereocenters. The molecule has 3 N–H and O–H groups in total. The number of benzene rings is 1. The minimum atomic E-state index is -0.573. The number of nitrogens with zero attached hydrogens (tertiary/aromatic N) is 3. The fourth-order valence-electron chi connectivity index (χ4n) is 3.23. The van der Waals surface area contributed by atoms with Crippen molar-refractivity contribution in [2.24, 2.45) is 5.73 Å². The molecule has 134 valence electrons. The van der Waals surface area contributed by atoms with Crippen molar-refractivity contribution in [2.45, 2.75) is 12.8 Å². The van der Waals surface area contributed by atoms with Crippen LogP contribution in [0.2, 0.25) is 0 Å². The Labute approximate surface area is 160 Å². The highest BCUT2D eigenvalue weighted by Gasteiger charge is 2.25. The second-order valence-electron chi connectivity index (χ2n) is 6.15. The van der Waals surface area contributed by atoms with Crippen LogP contribution in [-0.4, -0.2) is 26.1 Å². The molecule has 0 saturated heterocycles. The zero-order valence-electron chi connectivity index (χ0n) is 14.6. The first-order valence-electron chi connectivity index (χ1n) is 8.42. The van der Waals surface area contributed by atoms with Gasteiger partial charge in [-0.3, -0.25) is 14.9 Å². The lowest BCUT2D eigenvalue weighted by atomic mass is 9.86. The number of carbonyl (C=O) groups is 1. The number of aromatic nitrogens is 4. The van der Waals surface area contributed by atoms with Crippen LogP contribution in [0.4, 0.5) is 0 Å². The Morgan fingerprint density at radius 1 is 1.15 bits per heavy atom. The molecule has 0 radical (unpaired) electrons. The molecule has 0 fully saturated rings. The van der Waals surface area contributed by atoms with Crippen molar-refractivity contribution >= 4 is 17.2 Å². The van der Waals surface area contributed by atoms with Crippen LogP contribution in [0.15, 0.2) is 59.7 Å². The first-order chi connectivity index (χ1) is 13.2. The van der Waals surface area contributed by atoms with Crippen LogP contribution in [0.5, 0.6) is 0 Å². The summed E-state index contributed by atoms with van der Waals surface area (Å²) in [5.74, 6) is 0.0490. The largest absolute Gasteiger partial charge is 0.364 e. The third-order valence-corrected chi connectivity index (χ3v) is 5.25. The number of aromatic amines is 1. The van der Waals surface area contributed by atoms with E-state index in [0.717, 1.165) is 22.3 Å². The maximum atomic E-state index is 12.1. The molecule has 3 aromatic heterocycles. The van der Waals surface area contributed by atoms with Crippen LogP contribution in [-0.2, 0) is 0 Å². The number of nitrogens with two attached hydrogens (primary N) is 1. The van der Waals surface area contributed by atoms with Gasteiger partial charge in [-0.2, -0.15) is 16.4 Å². The molecule has 1 aromatic carbocycles. The van der Waals surface area contributed by atoms with Gasteiger partial charge in [-0.15, -0.1) is 0 Å². The van der Waals surface area contributed by atoms with E-state index in [0.29, 0.717) is 11.4 Å². The van der Waals surface area contributed by atoms with Gasteiger partial charge in [-0.05, 0) is 33.5 Å². The fraction of sp³-hybridized carbons (Fsp3) is 0.100. The van der Waals surface area contributed by atoms with E-state index in [9.17, 15) is 4.79 Å². The molecule has 1 amide bonds. The Hall–Kier alpha value is -3.32. The Bertz CT molecular complexity index is 1060. The standard InChI is InChI=1S/C20H17N5OS/c1-12(13-5-3-2-4-6-13)15-9-22-18(19(21)26)16(14-7-8-27-10-14)17(15)20-23-11-24-25-20/h2-12H,1H3,(H2,21,26)(H,23,24,25). The van der Waals surface area contributed by atoms with Crippen molar-refractivity contribution in [1.82, 2.24) is 20.2 Å². The zero-order chi connectivity index (χ0) is 18.8. The monoisotopic (exact) mass is 375 g/mol. The third kappa shape index (κ3) is 3.13. The van der Waals surface area contributed by atoms with Gasteiger partial charge >= 0.3 is 0 Å². The number of hydrogen-bond donors (Lipinski definition) is 2. The molecule has 0 spiro atoms. The van der Waals surface area contributed by atoms with E-state index in [1.807, 2.05) is 35.0 Å². The molecule has 0 saturated carbocycles. The van der Waals surface area contributed by atoms with E-state index < -0.39 is 5.91 Å². The fourth-order valence-corrected chi connectivity index (χ4v) is 3.88. The maximum absolute atomic E-state index is 12.1. The summed E-state index contributed by atoms with van der Waals surface area (Å²) in [5, 5.41) is 10.9. The minimum absolute atomic E-state index is 0.0399. The predicted molar refractivity (Wildman–Crippen MR) is 105 cm³/mol. The summed E-state index contributed by atoms with van der Waals surface area (Å²) in [6.07, 6.45) is 3.17. The van der Waals surface area contributed by atoms with Crippen molar-refractivity contribution in [1.29, 1.82) is 0 Å². The second-order valence-corrected chi connectivity index (χ2v) is 6.93. The molecular weight excluding hydrogens is 358 g/mol. The maximum Gasteiger partial charge on any atom is 0.267 e. The normalized spacial score (nSPS) is 12.0. The van der Waals surface area contributed by atoms with Gasteiger partial charge in [0.25, 0.3) is 5.91 Å². The Morgan fingerprint density at radius 3 is 2.59 bits per heavy atom.